The number of hydrogen-bond donors (Lipinski definition) is 0. The lowest BCUT2D eigenvalue weighted by Gasteiger charge is -2.28. The maximum Gasteiger partial charge on any atom is 0.282 e. The molecule has 0 amide bonds. The van der Waals surface area contributed by atoms with Gasteiger partial charge in [0, 0.05) is 26.2 Å². The van der Waals surface area contributed by atoms with Crippen LogP contribution in [0.2, 0.25) is 0 Å². The first kappa shape index (κ1) is 20.8. The van der Waals surface area contributed by atoms with E-state index in [-0.39, 0.29) is 0 Å². The van der Waals surface area contributed by atoms with Gasteiger partial charge in [-0.15, -0.1) is 0 Å². The molecule has 152 valence electrons. The van der Waals surface area contributed by atoms with Gasteiger partial charge >= 0.3 is 0 Å². The number of rotatable bonds is 8. The molecule has 2 aromatic rings. The van der Waals surface area contributed by atoms with Gasteiger partial charge in [0.05, 0.1) is 0 Å². The van der Waals surface area contributed by atoms with Crippen molar-refractivity contribution in [1.82, 2.24) is 8.61 Å². The molecule has 0 bridgehead atoms. The molecule has 5 nitrogen and oxygen atoms in total. The van der Waals surface area contributed by atoms with E-state index in [1.165, 1.54) is 0 Å². The van der Waals surface area contributed by atoms with Crippen LogP contribution in [-0.2, 0) is 23.4 Å². The Balaban J connectivity index is 1.61. The van der Waals surface area contributed by atoms with Gasteiger partial charge in [-0.1, -0.05) is 62.2 Å². The maximum absolute atomic E-state index is 13.0. The standard InChI is InChI=1S/C22H30N2O3S/c1-2-23(28(25,26)24-16-8-3-4-9-17-24)18-20-12-14-22(15-13-20)27-19-21-10-6-5-7-11-21/h5-7,10-15H,2-4,8-9,16-19H2,1H3. The van der Waals surface area contributed by atoms with E-state index in [2.05, 4.69) is 0 Å². The lowest BCUT2D eigenvalue weighted by atomic mass is 10.2. The van der Waals surface area contributed by atoms with E-state index in [0.29, 0.717) is 32.8 Å². The third-order valence-electron chi connectivity index (χ3n) is 5.10. The molecule has 0 saturated carbocycles. The molecule has 1 fully saturated rings. The Morgan fingerprint density at radius 3 is 2.14 bits per heavy atom. The summed E-state index contributed by atoms with van der Waals surface area (Å²) in [7, 11) is -3.42. The van der Waals surface area contributed by atoms with Gasteiger partial charge in [-0.3, -0.25) is 0 Å². The Labute approximate surface area is 169 Å². The van der Waals surface area contributed by atoms with Crippen LogP contribution in [0.3, 0.4) is 0 Å². The van der Waals surface area contributed by atoms with Crippen LogP contribution >= 0.6 is 0 Å². The Kier molecular flexibility index (Phi) is 7.48. The summed E-state index contributed by atoms with van der Waals surface area (Å²) >= 11 is 0. The van der Waals surface area contributed by atoms with E-state index in [4.69, 9.17) is 4.74 Å². The van der Waals surface area contributed by atoms with Crippen molar-refractivity contribution in [3.05, 3.63) is 65.7 Å². The fraction of sp³-hybridized carbons (Fsp3) is 0.455. The topological polar surface area (TPSA) is 49.9 Å². The van der Waals surface area contributed by atoms with Crippen LogP contribution in [0.15, 0.2) is 54.6 Å². The maximum atomic E-state index is 13.0. The highest BCUT2D eigenvalue weighted by atomic mass is 32.2. The molecule has 0 unspecified atom stereocenters. The highest BCUT2D eigenvalue weighted by Gasteiger charge is 2.29. The Morgan fingerprint density at radius 1 is 0.893 bits per heavy atom. The summed E-state index contributed by atoms with van der Waals surface area (Å²) in [6.07, 6.45) is 4.12. The zero-order chi connectivity index (χ0) is 19.8. The van der Waals surface area contributed by atoms with E-state index >= 15 is 0 Å². The first-order chi connectivity index (χ1) is 13.6. The normalized spacial score (nSPS) is 16.1. The quantitative estimate of drug-likeness (QED) is 0.665. The second-order valence-electron chi connectivity index (χ2n) is 7.17. The van der Waals surface area contributed by atoms with Crippen LogP contribution in [-0.4, -0.2) is 36.7 Å². The summed E-state index contributed by atoms with van der Waals surface area (Å²) in [6.45, 7) is 4.52. The second-order valence-corrected chi connectivity index (χ2v) is 9.09. The molecule has 1 aliphatic heterocycles. The molecule has 0 atom stereocenters. The Bertz CT molecular complexity index is 815. The number of nitrogens with zero attached hydrogens (tertiary/aromatic N) is 2. The smallest absolute Gasteiger partial charge is 0.282 e. The summed E-state index contributed by atoms with van der Waals surface area (Å²) in [5.41, 5.74) is 2.08. The average Bonchev–Trinajstić information content (AvgIpc) is 3.02. The van der Waals surface area contributed by atoms with E-state index in [0.717, 1.165) is 42.6 Å². The zero-order valence-corrected chi connectivity index (χ0v) is 17.4. The van der Waals surface area contributed by atoms with Crippen LogP contribution in [0.5, 0.6) is 5.75 Å². The molecule has 28 heavy (non-hydrogen) atoms. The average molecular weight is 403 g/mol. The van der Waals surface area contributed by atoms with E-state index in [1.807, 2.05) is 61.5 Å². The summed E-state index contributed by atoms with van der Waals surface area (Å²) in [6, 6.07) is 17.7. The molecule has 0 N–H and O–H groups in total. The second kappa shape index (κ2) is 10.0. The van der Waals surface area contributed by atoms with Crippen molar-refractivity contribution in [2.45, 2.75) is 45.8 Å². The zero-order valence-electron chi connectivity index (χ0n) is 16.6. The van der Waals surface area contributed by atoms with Crippen LogP contribution < -0.4 is 4.74 Å². The predicted octanol–water partition coefficient (Wildman–Crippen LogP) is 4.21. The highest BCUT2D eigenvalue weighted by molar-refractivity contribution is 7.86. The lowest BCUT2D eigenvalue weighted by molar-refractivity contribution is 0.306. The number of benzene rings is 2. The van der Waals surface area contributed by atoms with Crippen LogP contribution in [0, 0.1) is 0 Å². The summed E-state index contributed by atoms with van der Waals surface area (Å²) in [4.78, 5) is 0. The molecule has 0 aromatic heterocycles. The van der Waals surface area contributed by atoms with Crippen molar-refractivity contribution in [1.29, 1.82) is 0 Å². The van der Waals surface area contributed by atoms with Crippen molar-refractivity contribution in [3.8, 4) is 5.75 Å². The van der Waals surface area contributed by atoms with E-state index < -0.39 is 10.2 Å². The van der Waals surface area contributed by atoms with Crippen molar-refractivity contribution >= 4 is 10.2 Å². The minimum atomic E-state index is -3.42. The summed E-state index contributed by atoms with van der Waals surface area (Å²) in [5, 5.41) is 0. The summed E-state index contributed by atoms with van der Waals surface area (Å²) in [5.74, 6) is 0.783. The molecule has 1 aliphatic rings. The van der Waals surface area contributed by atoms with Gasteiger partial charge in [0.1, 0.15) is 12.4 Å². The molecular formula is C22H30N2O3S. The van der Waals surface area contributed by atoms with Crippen LogP contribution in [0.1, 0.15) is 43.7 Å². The van der Waals surface area contributed by atoms with Gasteiger partial charge in [0.2, 0.25) is 0 Å². The lowest BCUT2D eigenvalue weighted by Crippen LogP contribution is -2.43. The SMILES string of the molecule is CCN(Cc1ccc(OCc2ccccc2)cc1)S(=O)(=O)N1CCCCCC1. The largest absolute Gasteiger partial charge is 0.489 e. The van der Waals surface area contributed by atoms with Crippen LogP contribution in [0.25, 0.3) is 0 Å². The molecule has 1 saturated heterocycles. The predicted molar refractivity (Wildman–Crippen MR) is 112 cm³/mol. The molecule has 0 radical (unpaired) electrons. The van der Waals surface area contributed by atoms with Crippen molar-refractivity contribution in [2.24, 2.45) is 0 Å². The molecule has 0 aliphatic carbocycles. The van der Waals surface area contributed by atoms with E-state index in [1.54, 1.807) is 8.61 Å². The van der Waals surface area contributed by atoms with Gasteiger partial charge in [-0.25, -0.2) is 0 Å². The third-order valence-corrected chi connectivity index (χ3v) is 7.16. The first-order valence-electron chi connectivity index (χ1n) is 10.1. The highest BCUT2D eigenvalue weighted by Crippen LogP contribution is 2.20. The molecule has 2 aromatic carbocycles. The monoisotopic (exact) mass is 402 g/mol. The van der Waals surface area contributed by atoms with Crippen LogP contribution in [0.4, 0.5) is 0 Å². The Morgan fingerprint density at radius 2 is 1.54 bits per heavy atom. The van der Waals surface area contributed by atoms with Gasteiger partial charge < -0.3 is 4.74 Å². The van der Waals surface area contributed by atoms with Gasteiger partial charge in [-0.05, 0) is 36.1 Å². The fourth-order valence-corrected chi connectivity index (χ4v) is 5.11. The third kappa shape index (κ3) is 5.56. The molecule has 1 heterocycles. The van der Waals surface area contributed by atoms with Crippen molar-refractivity contribution in [3.63, 3.8) is 0 Å². The van der Waals surface area contributed by atoms with Crippen molar-refractivity contribution < 1.29 is 13.2 Å². The van der Waals surface area contributed by atoms with E-state index in [9.17, 15) is 8.42 Å². The molecular weight excluding hydrogens is 372 g/mol. The summed E-state index contributed by atoms with van der Waals surface area (Å²) < 4.78 is 35.1. The minimum absolute atomic E-state index is 0.383. The minimum Gasteiger partial charge on any atom is -0.489 e. The van der Waals surface area contributed by atoms with Gasteiger partial charge in [-0.2, -0.15) is 17.0 Å². The molecule has 0 spiro atoms. The molecule has 3 rings (SSSR count). The number of hydrogen-bond acceptors (Lipinski definition) is 3. The first-order valence-corrected chi connectivity index (χ1v) is 11.5. The van der Waals surface area contributed by atoms with Crippen molar-refractivity contribution in [2.75, 3.05) is 19.6 Å². The van der Waals surface area contributed by atoms with Gasteiger partial charge in [0.25, 0.3) is 10.2 Å². The number of ether oxygens (including phenoxy) is 1. The van der Waals surface area contributed by atoms with Gasteiger partial charge in [0.15, 0.2) is 0 Å². The Hall–Kier alpha value is -1.89. The fourth-order valence-electron chi connectivity index (χ4n) is 3.43. The molecule has 6 heteroatoms.